The van der Waals surface area contributed by atoms with E-state index in [2.05, 4.69) is 17.3 Å². The number of nitrogens with zero attached hydrogens (tertiary/aromatic N) is 3. The first-order chi connectivity index (χ1) is 9.47. The summed E-state index contributed by atoms with van der Waals surface area (Å²) in [5.74, 6) is 5.96. The first kappa shape index (κ1) is 16.7. The van der Waals surface area contributed by atoms with E-state index in [-0.39, 0.29) is 5.91 Å². The van der Waals surface area contributed by atoms with Crippen molar-refractivity contribution in [2.45, 2.75) is 19.9 Å². The molecular weight excluding hydrogens is 278 g/mol. The number of nitrogens with two attached hydrogens (primary N) is 1. The van der Waals surface area contributed by atoms with Gasteiger partial charge < -0.3 is 10.3 Å². The molecule has 7 heteroatoms. The van der Waals surface area contributed by atoms with E-state index in [1.54, 1.807) is 31.1 Å². The predicted octanol–water partition coefficient (Wildman–Crippen LogP) is 1.32. The van der Waals surface area contributed by atoms with Crippen LogP contribution in [0.5, 0.6) is 0 Å². The molecule has 0 aromatic carbocycles. The Morgan fingerprint density at radius 2 is 2.15 bits per heavy atom. The van der Waals surface area contributed by atoms with Gasteiger partial charge in [0.2, 0.25) is 5.91 Å². The number of hydrazine groups is 1. The zero-order valence-corrected chi connectivity index (χ0v) is 12.9. The molecule has 1 amide bonds. The molecule has 0 saturated carbocycles. The molecule has 0 radical (unpaired) electrons. The third-order valence-electron chi connectivity index (χ3n) is 2.84. The maximum Gasteiger partial charge on any atom is 0.236 e. The molecule has 0 aliphatic carbocycles. The highest BCUT2D eigenvalue weighted by atomic mass is 35.5. The highest BCUT2D eigenvalue weighted by Gasteiger charge is 2.14. The average molecular weight is 300 g/mol. The van der Waals surface area contributed by atoms with Crippen molar-refractivity contribution in [3.63, 3.8) is 0 Å². The smallest absolute Gasteiger partial charge is 0.236 e. The van der Waals surface area contributed by atoms with Crippen LogP contribution in [0.4, 0.5) is 5.82 Å². The normalized spacial score (nSPS) is 10.7. The van der Waals surface area contributed by atoms with Gasteiger partial charge in [0.05, 0.1) is 17.3 Å². The average Bonchev–Trinajstić information content (AvgIpc) is 2.41. The van der Waals surface area contributed by atoms with Crippen LogP contribution < -0.4 is 11.3 Å². The second-order valence-corrected chi connectivity index (χ2v) is 5.18. The van der Waals surface area contributed by atoms with Crippen LogP contribution in [0.1, 0.15) is 19.0 Å². The summed E-state index contributed by atoms with van der Waals surface area (Å²) in [5, 5.41) is 0.572. The van der Waals surface area contributed by atoms with Crippen LogP contribution in [-0.2, 0) is 11.3 Å². The van der Waals surface area contributed by atoms with Crippen molar-refractivity contribution in [2.24, 2.45) is 5.84 Å². The van der Waals surface area contributed by atoms with Gasteiger partial charge in [-0.25, -0.2) is 10.8 Å². The van der Waals surface area contributed by atoms with Crippen LogP contribution in [0, 0.1) is 0 Å². The molecule has 1 heterocycles. The van der Waals surface area contributed by atoms with E-state index >= 15 is 0 Å². The largest absolute Gasteiger partial charge is 0.348 e. The summed E-state index contributed by atoms with van der Waals surface area (Å²) in [7, 11) is 3.49. The van der Waals surface area contributed by atoms with Crippen LogP contribution >= 0.6 is 11.6 Å². The van der Waals surface area contributed by atoms with Crippen molar-refractivity contribution in [3.05, 3.63) is 22.8 Å². The van der Waals surface area contributed by atoms with Crippen molar-refractivity contribution >= 4 is 23.3 Å². The maximum absolute atomic E-state index is 11.8. The van der Waals surface area contributed by atoms with E-state index in [4.69, 9.17) is 17.4 Å². The van der Waals surface area contributed by atoms with Gasteiger partial charge in [0.25, 0.3) is 0 Å². The zero-order valence-electron chi connectivity index (χ0n) is 12.2. The minimum absolute atomic E-state index is 0.0580. The Hall–Kier alpha value is -1.37. The van der Waals surface area contributed by atoms with Gasteiger partial charge in [0.15, 0.2) is 0 Å². The minimum atomic E-state index is 0.0580. The summed E-state index contributed by atoms with van der Waals surface area (Å²) in [4.78, 5) is 19.8. The Bertz CT molecular complexity index is 452. The van der Waals surface area contributed by atoms with Crippen LogP contribution in [0.25, 0.3) is 0 Å². The quantitative estimate of drug-likeness (QED) is 0.587. The number of hydrogen-bond donors (Lipinski definition) is 2. The van der Waals surface area contributed by atoms with E-state index < -0.39 is 0 Å². The van der Waals surface area contributed by atoms with Crippen molar-refractivity contribution < 1.29 is 4.79 Å². The molecule has 6 nitrogen and oxygen atoms in total. The predicted molar refractivity (Wildman–Crippen MR) is 81.3 cm³/mol. The number of amides is 1. The number of carbonyl (C=O) groups is 1. The number of likely N-dealkylation sites (N-methyl/N-ethyl adjacent to an activating group) is 1. The SMILES string of the molecule is CCCN(CC(=O)N(C)C)Cc1nc(NN)ccc1Cl. The lowest BCUT2D eigenvalue weighted by molar-refractivity contribution is -0.130. The lowest BCUT2D eigenvalue weighted by atomic mass is 10.3. The van der Waals surface area contributed by atoms with Crippen molar-refractivity contribution in [3.8, 4) is 0 Å². The zero-order chi connectivity index (χ0) is 15.1. The fourth-order valence-electron chi connectivity index (χ4n) is 1.75. The van der Waals surface area contributed by atoms with Gasteiger partial charge in [0.1, 0.15) is 5.82 Å². The molecule has 1 aromatic heterocycles. The molecule has 0 aliphatic rings. The number of anilines is 1. The molecule has 0 unspecified atom stereocenters. The Morgan fingerprint density at radius 3 is 2.70 bits per heavy atom. The molecule has 112 valence electrons. The van der Waals surface area contributed by atoms with Gasteiger partial charge in [-0.1, -0.05) is 18.5 Å². The minimum Gasteiger partial charge on any atom is -0.348 e. The lowest BCUT2D eigenvalue weighted by Crippen LogP contribution is -2.37. The molecule has 1 aromatic rings. The van der Waals surface area contributed by atoms with Crippen LogP contribution in [0.2, 0.25) is 5.02 Å². The molecule has 1 rings (SSSR count). The summed E-state index contributed by atoms with van der Waals surface area (Å²) in [5.41, 5.74) is 3.21. The number of rotatable bonds is 7. The molecule has 0 bridgehead atoms. The van der Waals surface area contributed by atoms with E-state index in [0.29, 0.717) is 29.6 Å². The van der Waals surface area contributed by atoms with E-state index in [1.165, 1.54) is 0 Å². The third kappa shape index (κ3) is 4.96. The topological polar surface area (TPSA) is 74.5 Å². The van der Waals surface area contributed by atoms with E-state index in [0.717, 1.165) is 13.0 Å². The molecule has 0 aliphatic heterocycles. The van der Waals surface area contributed by atoms with Crippen LogP contribution in [-0.4, -0.2) is 47.9 Å². The molecule has 0 atom stereocenters. The fraction of sp³-hybridized carbons (Fsp3) is 0.538. The van der Waals surface area contributed by atoms with Gasteiger partial charge in [-0.15, -0.1) is 0 Å². The van der Waals surface area contributed by atoms with Crippen LogP contribution in [0.15, 0.2) is 12.1 Å². The van der Waals surface area contributed by atoms with Gasteiger partial charge in [-0.2, -0.15) is 0 Å². The maximum atomic E-state index is 11.8. The highest BCUT2D eigenvalue weighted by molar-refractivity contribution is 6.31. The first-order valence-corrected chi connectivity index (χ1v) is 6.90. The highest BCUT2D eigenvalue weighted by Crippen LogP contribution is 2.18. The third-order valence-corrected chi connectivity index (χ3v) is 3.18. The fourth-order valence-corrected chi connectivity index (χ4v) is 1.92. The summed E-state index contributed by atoms with van der Waals surface area (Å²) < 4.78 is 0. The Balaban J connectivity index is 2.81. The summed E-state index contributed by atoms with van der Waals surface area (Å²) in [6.07, 6.45) is 0.952. The number of pyridine rings is 1. The summed E-state index contributed by atoms with van der Waals surface area (Å²) >= 11 is 6.14. The van der Waals surface area contributed by atoms with E-state index in [1.807, 2.05) is 4.90 Å². The Kier molecular flexibility index (Phi) is 6.70. The molecule has 0 saturated heterocycles. The Labute approximate surface area is 124 Å². The lowest BCUT2D eigenvalue weighted by Gasteiger charge is -2.23. The summed E-state index contributed by atoms with van der Waals surface area (Å²) in [6.45, 7) is 3.73. The number of nitrogen functional groups attached to an aromatic ring is 1. The number of hydrogen-bond acceptors (Lipinski definition) is 5. The number of halogens is 1. The molecule has 0 fully saturated rings. The second-order valence-electron chi connectivity index (χ2n) is 4.77. The monoisotopic (exact) mass is 299 g/mol. The van der Waals surface area contributed by atoms with Crippen molar-refractivity contribution in [1.29, 1.82) is 0 Å². The molecular formula is C13H22ClN5O. The molecule has 3 N–H and O–H groups in total. The van der Waals surface area contributed by atoms with Crippen molar-refractivity contribution in [2.75, 3.05) is 32.6 Å². The van der Waals surface area contributed by atoms with Gasteiger partial charge in [-0.05, 0) is 25.1 Å². The van der Waals surface area contributed by atoms with Crippen LogP contribution in [0.3, 0.4) is 0 Å². The number of nitrogens with one attached hydrogen (secondary N) is 1. The molecule has 20 heavy (non-hydrogen) atoms. The van der Waals surface area contributed by atoms with Crippen molar-refractivity contribution in [1.82, 2.24) is 14.8 Å². The Morgan fingerprint density at radius 1 is 1.45 bits per heavy atom. The summed E-state index contributed by atoms with van der Waals surface area (Å²) in [6, 6.07) is 3.46. The second kappa shape index (κ2) is 8.04. The van der Waals surface area contributed by atoms with E-state index in [9.17, 15) is 4.79 Å². The van der Waals surface area contributed by atoms with Gasteiger partial charge in [-0.3, -0.25) is 9.69 Å². The van der Waals surface area contributed by atoms with Gasteiger partial charge >= 0.3 is 0 Å². The number of aromatic nitrogens is 1. The first-order valence-electron chi connectivity index (χ1n) is 6.52. The van der Waals surface area contributed by atoms with Gasteiger partial charge in [0, 0.05) is 20.6 Å². The molecule has 0 spiro atoms. The number of carbonyl (C=O) groups excluding carboxylic acids is 1. The standard InChI is InChI=1S/C13H22ClN5O/c1-4-7-19(9-13(20)18(2)3)8-11-10(14)5-6-12(16-11)17-15/h5-6H,4,7-9,15H2,1-3H3,(H,16,17).